The zero-order valence-electron chi connectivity index (χ0n) is 8.78. The van der Waals surface area contributed by atoms with E-state index < -0.39 is 0 Å². The Bertz CT molecular complexity index is 437. The molecule has 2 rings (SSSR count). The second-order valence-electron chi connectivity index (χ2n) is 2.93. The summed E-state index contributed by atoms with van der Waals surface area (Å²) in [5.74, 6) is 0.301. The summed E-state index contributed by atoms with van der Waals surface area (Å²) < 4.78 is 0. The van der Waals surface area contributed by atoms with E-state index in [2.05, 4.69) is 15.0 Å². The normalized spacial score (nSPS) is 9.18. The van der Waals surface area contributed by atoms with E-state index in [1.807, 2.05) is 0 Å². The molecule has 17 heavy (non-hydrogen) atoms. The first-order valence-corrected chi connectivity index (χ1v) is 4.48. The van der Waals surface area contributed by atoms with Crippen LogP contribution in [0.3, 0.4) is 0 Å². The zero-order valence-corrected chi connectivity index (χ0v) is 8.78. The third-order valence-corrected chi connectivity index (χ3v) is 1.52. The number of aromatic hydroxyl groups is 2. The van der Waals surface area contributed by atoms with E-state index in [4.69, 9.17) is 27.4 Å². The standard InChI is InChI=1S/C6H6O2.C3H6N6/c7-5-2-1-3-6(8)4-5;4-1-7-2(5)9-3(6)8-1/h1-4,7-8H;(H6,4,5,6,7,8,9). The van der Waals surface area contributed by atoms with Gasteiger partial charge < -0.3 is 27.4 Å². The highest BCUT2D eigenvalue weighted by Gasteiger charge is 1.93. The minimum absolute atomic E-state index is 0.0417. The summed E-state index contributed by atoms with van der Waals surface area (Å²) in [5, 5.41) is 17.3. The van der Waals surface area contributed by atoms with Crippen LogP contribution in [0.15, 0.2) is 24.3 Å². The predicted octanol–water partition coefficient (Wildman–Crippen LogP) is -0.284. The number of nitrogen functional groups attached to an aromatic ring is 3. The third kappa shape index (κ3) is 4.51. The van der Waals surface area contributed by atoms with Crippen LogP contribution in [-0.4, -0.2) is 25.2 Å². The molecule has 8 N–H and O–H groups in total. The second-order valence-corrected chi connectivity index (χ2v) is 2.93. The van der Waals surface area contributed by atoms with Gasteiger partial charge in [0.1, 0.15) is 11.5 Å². The lowest BCUT2D eigenvalue weighted by Gasteiger charge is -1.93. The molecule has 1 aromatic carbocycles. The van der Waals surface area contributed by atoms with Gasteiger partial charge in [-0.1, -0.05) is 6.07 Å². The molecule has 8 nitrogen and oxygen atoms in total. The van der Waals surface area contributed by atoms with Crippen LogP contribution in [0.1, 0.15) is 0 Å². The van der Waals surface area contributed by atoms with Crippen molar-refractivity contribution < 1.29 is 10.2 Å². The topological polar surface area (TPSA) is 157 Å². The maximum absolute atomic E-state index is 8.65. The molecule has 0 saturated heterocycles. The molecule has 8 heteroatoms. The Morgan fingerprint density at radius 1 is 0.765 bits per heavy atom. The number of phenolic OH excluding ortho intramolecular Hbond substituents is 2. The van der Waals surface area contributed by atoms with Crippen molar-refractivity contribution in [1.29, 1.82) is 0 Å². The Hall–Kier alpha value is -2.77. The molecule has 0 amide bonds. The number of rotatable bonds is 0. The van der Waals surface area contributed by atoms with Crippen molar-refractivity contribution in [3.63, 3.8) is 0 Å². The van der Waals surface area contributed by atoms with Gasteiger partial charge in [-0.2, -0.15) is 15.0 Å². The fourth-order valence-electron chi connectivity index (χ4n) is 0.920. The summed E-state index contributed by atoms with van der Waals surface area (Å²) in [6, 6.07) is 5.85. The first-order chi connectivity index (χ1) is 7.97. The summed E-state index contributed by atoms with van der Waals surface area (Å²) in [6.45, 7) is 0. The fourth-order valence-corrected chi connectivity index (χ4v) is 0.920. The number of nitrogens with zero attached hydrogens (tertiary/aromatic N) is 3. The van der Waals surface area contributed by atoms with Crippen molar-refractivity contribution in [2.24, 2.45) is 0 Å². The highest BCUT2D eigenvalue weighted by Crippen LogP contribution is 2.14. The number of aromatic nitrogens is 3. The molecule has 0 unspecified atom stereocenters. The average Bonchev–Trinajstić information content (AvgIpc) is 2.15. The summed E-state index contributed by atoms with van der Waals surface area (Å²) >= 11 is 0. The number of benzene rings is 1. The Morgan fingerprint density at radius 2 is 1.12 bits per heavy atom. The van der Waals surface area contributed by atoms with Crippen LogP contribution in [0, 0.1) is 0 Å². The molecule has 0 saturated carbocycles. The van der Waals surface area contributed by atoms with E-state index in [9.17, 15) is 0 Å². The molecule has 0 fully saturated rings. The highest BCUT2D eigenvalue weighted by atomic mass is 16.3. The molecular weight excluding hydrogens is 224 g/mol. The average molecular weight is 236 g/mol. The maximum atomic E-state index is 8.65. The van der Waals surface area contributed by atoms with E-state index in [0.29, 0.717) is 0 Å². The van der Waals surface area contributed by atoms with E-state index in [0.717, 1.165) is 0 Å². The van der Waals surface area contributed by atoms with E-state index in [1.165, 1.54) is 18.2 Å². The van der Waals surface area contributed by atoms with Gasteiger partial charge >= 0.3 is 0 Å². The smallest absolute Gasteiger partial charge is 0.226 e. The molecule has 0 aliphatic heterocycles. The van der Waals surface area contributed by atoms with Crippen molar-refractivity contribution >= 4 is 17.8 Å². The quantitative estimate of drug-likeness (QED) is 0.417. The van der Waals surface area contributed by atoms with Crippen LogP contribution >= 0.6 is 0 Å². The molecular formula is C9H12N6O2. The van der Waals surface area contributed by atoms with Crippen LogP contribution < -0.4 is 17.2 Å². The highest BCUT2D eigenvalue weighted by molar-refractivity contribution is 5.33. The molecule has 90 valence electrons. The lowest BCUT2D eigenvalue weighted by molar-refractivity contribution is 0.450. The molecule has 0 spiro atoms. The van der Waals surface area contributed by atoms with Gasteiger partial charge in [-0.15, -0.1) is 0 Å². The van der Waals surface area contributed by atoms with Crippen LogP contribution in [0.5, 0.6) is 11.5 Å². The minimum atomic E-state index is 0.0417. The van der Waals surface area contributed by atoms with Gasteiger partial charge in [-0.25, -0.2) is 0 Å². The lowest BCUT2D eigenvalue weighted by atomic mass is 10.3. The van der Waals surface area contributed by atoms with Gasteiger partial charge in [-0.05, 0) is 12.1 Å². The van der Waals surface area contributed by atoms with Crippen LogP contribution in [0.2, 0.25) is 0 Å². The van der Waals surface area contributed by atoms with E-state index in [1.54, 1.807) is 6.07 Å². The summed E-state index contributed by atoms with van der Waals surface area (Å²) in [6.07, 6.45) is 0. The van der Waals surface area contributed by atoms with Gasteiger partial charge in [0, 0.05) is 6.07 Å². The zero-order chi connectivity index (χ0) is 12.8. The minimum Gasteiger partial charge on any atom is -0.508 e. The number of phenols is 2. The first-order valence-electron chi connectivity index (χ1n) is 4.48. The number of nitrogens with two attached hydrogens (primary N) is 3. The third-order valence-electron chi connectivity index (χ3n) is 1.52. The van der Waals surface area contributed by atoms with Crippen molar-refractivity contribution in [2.75, 3.05) is 17.2 Å². The van der Waals surface area contributed by atoms with Crippen molar-refractivity contribution in [1.82, 2.24) is 15.0 Å². The molecule has 0 radical (unpaired) electrons. The lowest BCUT2D eigenvalue weighted by Crippen LogP contribution is -2.05. The molecule has 1 aromatic heterocycles. The monoisotopic (exact) mass is 236 g/mol. The van der Waals surface area contributed by atoms with E-state index >= 15 is 0 Å². The predicted molar refractivity (Wildman–Crippen MR) is 62.8 cm³/mol. The molecule has 0 atom stereocenters. The first kappa shape index (κ1) is 12.3. The Morgan fingerprint density at radius 3 is 1.35 bits per heavy atom. The van der Waals surface area contributed by atoms with Gasteiger partial charge in [-0.3, -0.25) is 0 Å². The van der Waals surface area contributed by atoms with Crippen molar-refractivity contribution in [2.45, 2.75) is 0 Å². The van der Waals surface area contributed by atoms with Gasteiger partial charge in [0.05, 0.1) is 0 Å². The van der Waals surface area contributed by atoms with Crippen molar-refractivity contribution in [3.05, 3.63) is 24.3 Å². The van der Waals surface area contributed by atoms with Crippen LogP contribution in [0.25, 0.3) is 0 Å². The Balaban J connectivity index is 0.000000171. The molecule has 0 aliphatic carbocycles. The van der Waals surface area contributed by atoms with Gasteiger partial charge in [0.15, 0.2) is 0 Å². The van der Waals surface area contributed by atoms with Gasteiger partial charge in [0.25, 0.3) is 0 Å². The molecule has 0 bridgehead atoms. The SMILES string of the molecule is Nc1nc(N)nc(N)n1.Oc1cccc(O)c1. The fraction of sp³-hybridized carbons (Fsp3) is 0. The summed E-state index contributed by atoms with van der Waals surface area (Å²) in [7, 11) is 0. The number of hydrogen-bond acceptors (Lipinski definition) is 8. The van der Waals surface area contributed by atoms with E-state index in [-0.39, 0.29) is 29.3 Å². The second kappa shape index (κ2) is 5.35. The maximum Gasteiger partial charge on any atom is 0.226 e. The van der Waals surface area contributed by atoms with Crippen LogP contribution in [-0.2, 0) is 0 Å². The number of anilines is 3. The van der Waals surface area contributed by atoms with Gasteiger partial charge in [0.2, 0.25) is 17.8 Å². The molecule has 0 aliphatic rings. The Kier molecular flexibility index (Phi) is 3.87. The van der Waals surface area contributed by atoms with Crippen molar-refractivity contribution in [3.8, 4) is 11.5 Å². The summed E-state index contributed by atoms with van der Waals surface area (Å²) in [5.41, 5.74) is 15.4. The molecule has 1 heterocycles. The largest absolute Gasteiger partial charge is 0.508 e. The molecule has 2 aromatic rings. The Labute approximate surface area is 96.8 Å². The summed E-state index contributed by atoms with van der Waals surface area (Å²) in [4.78, 5) is 10.5. The van der Waals surface area contributed by atoms with Crippen LogP contribution in [0.4, 0.5) is 17.8 Å². The number of hydrogen-bond donors (Lipinski definition) is 5.